The molecule has 3 N–H and O–H groups in total. The van der Waals surface area contributed by atoms with Crippen molar-refractivity contribution in [2.24, 2.45) is 0 Å². The number of halogens is 3. The summed E-state index contributed by atoms with van der Waals surface area (Å²) in [5.41, 5.74) is 5.63. The van der Waals surface area contributed by atoms with Crippen LogP contribution in [0.1, 0.15) is 5.56 Å². The van der Waals surface area contributed by atoms with Gasteiger partial charge in [-0.3, -0.25) is 0 Å². The number of nitrogens with two attached hydrogens (primary N) is 1. The van der Waals surface area contributed by atoms with Crippen LogP contribution >= 0.6 is 0 Å². The lowest BCUT2D eigenvalue weighted by molar-refractivity contribution is -0.274. The van der Waals surface area contributed by atoms with E-state index in [1.54, 1.807) is 0 Å². The molecule has 0 amide bonds. The number of alkyl halides is 3. The maximum absolute atomic E-state index is 12.0. The van der Waals surface area contributed by atoms with Crippen molar-refractivity contribution in [3.8, 4) is 17.6 Å². The Morgan fingerprint density at radius 3 is 2.62 bits per heavy atom. The van der Waals surface area contributed by atoms with Crippen molar-refractivity contribution in [1.82, 2.24) is 0 Å². The largest absolute Gasteiger partial charge is 0.573 e. The van der Waals surface area contributed by atoms with Gasteiger partial charge in [-0.15, -0.1) is 13.2 Å². The van der Waals surface area contributed by atoms with Gasteiger partial charge in [0.05, 0.1) is 5.56 Å². The Labute approximate surface area is 89.6 Å². The van der Waals surface area contributed by atoms with Gasteiger partial charge in [-0.25, -0.2) is 0 Å². The molecule has 1 aromatic rings. The molecule has 3 nitrogen and oxygen atoms in total. The monoisotopic (exact) mass is 231 g/mol. The Morgan fingerprint density at radius 1 is 1.38 bits per heavy atom. The highest BCUT2D eigenvalue weighted by Gasteiger charge is 2.31. The van der Waals surface area contributed by atoms with Crippen LogP contribution in [-0.4, -0.2) is 18.1 Å². The third kappa shape index (κ3) is 3.71. The lowest BCUT2D eigenvalue weighted by Crippen LogP contribution is -2.17. The van der Waals surface area contributed by atoms with Crippen molar-refractivity contribution in [3.63, 3.8) is 0 Å². The van der Waals surface area contributed by atoms with E-state index in [9.17, 15) is 13.2 Å². The molecule has 16 heavy (non-hydrogen) atoms. The average molecular weight is 231 g/mol. The summed E-state index contributed by atoms with van der Waals surface area (Å²) in [6, 6.07) is 3.58. The first-order valence-electron chi connectivity index (χ1n) is 4.17. The van der Waals surface area contributed by atoms with E-state index >= 15 is 0 Å². The lowest BCUT2D eigenvalue weighted by Gasteiger charge is -2.10. The van der Waals surface area contributed by atoms with Crippen LogP contribution in [0, 0.1) is 11.8 Å². The number of rotatable bonds is 1. The first kappa shape index (κ1) is 12.2. The van der Waals surface area contributed by atoms with Gasteiger partial charge in [0, 0.05) is 5.69 Å². The molecule has 1 rings (SSSR count). The number of nitrogen functional groups attached to an aromatic ring is 1. The highest BCUT2D eigenvalue weighted by molar-refractivity contribution is 5.54. The van der Waals surface area contributed by atoms with E-state index in [1.165, 1.54) is 12.1 Å². The number of benzene rings is 1. The number of hydrogen-bond donors (Lipinski definition) is 2. The Bertz CT molecular complexity index is 432. The first-order valence-corrected chi connectivity index (χ1v) is 4.17. The molecule has 0 radical (unpaired) electrons. The van der Waals surface area contributed by atoms with Crippen LogP contribution in [0.2, 0.25) is 0 Å². The number of anilines is 1. The zero-order valence-corrected chi connectivity index (χ0v) is 8.01. The lowest BCUT2D eigenvalue weighted by atomic mass is 10.2. The van der Waals surface area contributed by atoms with Crippen LogP contribution in [0.5, 0.6) is 5.75 Å². The van der Waals surface area contributed by atoms with Gasteiger partial charge in [0.2, 0.25) is 0 Å². The summed E-state index contributed by atoms with van der Waals surface area (Å²) in [7, 11) is 0. The smallest absolute Gasteiger partial charge is 0.404 e. The zero-order chi connectivity index (χ0) is 12.2. The Hall–Kier alpha value is -1.87. The fourth-order valence-electron chi connectivity index (χ4n) is 0.994. The van der Waals surface area contributed by atoms with Gasteiger partial charge >= 0.3 is 6.36 Å². The molecule has 0 bridgehead atoms. The summed E-state index contributed by atoms with van der Waals surface area (Å²) in [5.74, 6) is 4.10. The van der Waals surface area contributed by atoms with Crippen molar-refractivity contribution in [1.29, 1.82) is 0 Å². The summed E-state index contributed by atoms with van der Waals surface area (Å²) in [6.07, 6.45) is -4.79. The molecule has 0 aliphatic carbocycles. The standard InChI is InChI=1S/C10H8F3NO2/c11-10(12,13)16-9-4-3-8(14)6-7(9)2-1-5-15/h3-4,6,15H,5,14H2. The summed E-state index contributed by atoms with van der Waals surface area (Å²) >= 11 is 0. The van der Waals surface area contributed by atoms with Crippen LogP contribution in [0.15, 0.2) is 18.2 Å². The van der Waals surface area contributed by atoms with Gasteiger partial charge in [-0.2, -0.15) is 0 Å². The molecule has 0 saturated carbocycles. The zero-order valence-electron chi connectivity index (χ0n) is 8.01. The summed E-state index contributed by atoms with van der Waals surface area (Å²) in [4.78, 5) is 0. The maximum Gasteiger partial charge on any atom is 0.573 e. The van der Waals surface area contributed by atoms with Gasteiger partial charge in [0.25, 0.3) is 0 Å². The third-order valence-corrected chi connectivity index (χ3v) is 1.53. The van der Waals surface area contributed by atoms with Gasteiger partial charge in [0.1, 0.15) is 12.4 Å². The second-order valence-electron chi connectivity index (χ2n) is 2.76. The van der Waals surface area contributed by atoms with Crippen LogP contribution < -0.4 is 10.5 Å². The topological polar surface area (TPSA) is 55.5 Å². The molecular formula is C10H8F3NO2. The Morgan fingerprint density at radius 2 is 2.06 bits per heavy atom. The molecule has 0 aliphatic rings. The molecular weight excluding hydrogens is 223 g/mol. The second kappa shape index (κ2) is 4.77. The molecule has 0 spiro atoms. The van der Waals surface area contributed by atoms with Crippen molar-refractivity contribution < 1.29 is 23.0 Å². The van der Waals surface area contributed by atoms with Crippen molar-refractivity contribution in [2.75, 3.05) is 12.3 Å². The van der Waals surface area contributed by atoms with Crippen molar-refractivity contribution in [3.05, 3.63) is 23.8 Å². The van der Waals surface area contributed by atoms with Gasteiger partial charge < -0.3 is 15.6 Å². The van der Waals surface area contributed by atoms with E-state index in [0.717, 1.165) is 6.07 Å². The van der Waals surface area contributed by atoms with Gasteiger partial charge in [0.15, 0.2) is 0 Å². The predicted molar refractivity (Wildman–Crippen MR) is 51.5 cm³/mol. The molecule has 0 atom stereocenters. The molecule has 0 aliphatic heterocycles. The maximum atomic E-state index is 12.0. The van der Waals surface area contributed by atoms with Crippen LogP contribution in [0.3, 0.4) is 0 Å². The van der Waals surface area contributed by atoms with E-state index in [4.69, 9.17) is 10.8 Å². The van der Waals surface area contributed by atoms with E-state index in [1.807, 2.05) is 0 Å². The van der Waals surface area contributed by atoms with E-state index in [-0.39, 0.29) is 11.3 Å². The fraction of sp³-hybridized carbons (Fsp3) is 0.200. The molecule has 1 aromatic carbocycles. The minimum Gasteiger partial charge on any atom is -0.404 e. The summed E-state index contributed by atoms with van der Waals surface area (Å²) in [6.45, 7) is -0.458. The van der Waals surface area contributed by atoms with Crippen LogP contribution in [0.4, 0.5) is 18.9 Å². The van der Waals surface area contributed by atoms with E-state index in [2.05, 4.69) is 16.6 Å². The fourth-order valence-corrected chi connectivity index (χ4v) is 0.994. The minimum atomic E-state index is -4.79. The number of aliphatic hydroxyl groups is 1. The molecule has 0 unspecified atom stereocenters. The molecule has 0 saturated heterocycles. The molecule has 0 fully saturated rings. The normalized spacial score (nSPS) is 10.5. The van der Waals surface area contributed by atoms with Gasteiger partial charge in [-0.1, -0.05) is 11.8 Å². The van der Waals surface area contributed by atoms with Gasteiger partial charge in [-0.05, 0) is 18.2 Å². The summed E-state index contributed by atoms with van der Waals surface area (Å²) < 4.78 is 39.7. The quantitative estimate of drug-likeness (QED) is 0.569. The number of ether oxygens (including phenoxy) is 1. The predicted octanol–water partition coefficient (Wildman–Crippen LogP) is 1.51. The number of hydrogen-bond acceptors (Lipinski definition) is 3. The Balaban J connectivity index is 3.08. The van der Waals surface area contributed by atoms with E-state index in [0.29, 0.717) is 0 Å². The number of aliphatic hydroxyl groups excluding tert-OH is 1. The SMILES string of the molecule is Nc1ccc(OC(F)(F)F)c(C#CCO)c1. The Kier molecular flexibility index (Phi) is 3.64. The van der Waals surface area contributed by atoms with Crippen molar-refractivity contribution >= 4 is 5.69 Å². The molecule has 0 heterocycles. The molecule has 0 aromatic heterocycles. The average Bonchev–Trinajstić information content (AvgIpc) is 2.16. The summed E-state index contributed by atoms with van der Waals surface area (Å²) in [5, 5.41) is 8.45. The van der Waals surface area contributed by atoms with Crippen LogP contribution in [0.25, 0.3) is 0 Å². The first-order chi connectivity index (χ1) is 7.42. The van der Waals surface area contributed by atoms with E-state index < -0.39 is 18.7 Å². The molecule has 86 valence electrons. The van der Waals surface area contributed by atoms with Crippen molar-refractivity contribution in [2.45, 2.75) is 6.36 Å². The molecule has 6 heteroatoms. The third-order valence-electron chi connectivity index (χ3n) is 1.53. The van der Waals surface area contributed by atoms with Crippen LogP contribution in [-0.2, 0) is 0 Å². The highest BCUT2D eigenvalue weighted by Crippen LogP contribution is 2.27. The minimum absolute atomic E-state index is 0.0219. The second-order valence-corrected chi connectivity index (χ2v) is 2.76. The highest BCUT2D eigenvalue weighted by atomic mass is 19.4.